The zero-order chi connectivity index (χ0) is 29.9. The molecular formula is C32H30IN3O6. The quantitative estimate of drug-likeness (QED) is 0.109. The Hall–Kier alpha value is -4.58. The highest BCUT2D eigenvalue weighted by Crippen LogP contribution is 2.33. The molecule has 0 radical (unpaired) electrons. The first-order valence-corrected chi connectivity index (χ1v) is 14.0. The molecule has 0 aliphatic carbocycles. The van der Waals surface area contributed by atoms with E-state index in [1.165, 1.54) is 20.4 Å². The fourth-order valence-electron chi connectivity index (χ4n) is 3.82. The SMILES string of the molecule is COc1cc(C(=O)N/N=C/c2cc(I)c(OCC(=O)Nc3ccc(C)cc3)c(OC)c2)ccc1OCc1ccccc1. The standard InChI is InChI=1S/C32H30IN3O6/c1-21-9-12-25(13-10-21)35-30(37)20-42-31-26(33)15-23(16-29(31)40-3)18-34-36-32(38)24-11-14-27(28(17-24)39-2)41-19-22-7-5-4-6-8-22/h4-18H,19-20H2,1-3H3,(H,35,37)(H,36,38)/b34-18+. The normalized spacial score (nSPS) is 10.7. The number of carbonyl (C=O) groups is 2. The van der Waals surface area contributed by atoms with Crippen molar-refractivity contribution in [2.24, 2.45) is 5.10 Å². The van der Waals surface area contributed by atoms with E-state index in [9.17, 15) is 9.59 Å². The number of nitrogens with one attached hydrogen (secondary N) is 2. The first-order chi connectivity index (χ1) is 20.4. The fourth-order valence-corrected chi connectivity index (χ4v) is 4.60. The van der Waals surface area contributed by atoms with Crippen molar-refractivity contribution in [3.8, 4) is 23.0 Å². The molecule has 4 aromatic rings. The van der Waals surface area contributed by atoms with Crippen LogP contribution in [0.1, 0.15) is 27.0 Å². The van der Waals surface area contributed by atoms with Gasteiger partial charge in [-0.25, -0.2) is 5.43 Å². The number of benzene rings is 4. The second-order valence-electron chi connectivity index (χ2n) is 9.08. The minimum atomic E-state index is -0.416. The third-order valence-corrected chi connectivity index (χ3v) is 6.78. The number of amides is 2. The number of carbonyl (C=O) groups excluding carboxylic acids is 2. The molecule has 0 spiro atoms. The molecule has 10 heteroatoms. The van der Waals surface area contributed by atoms with Crippen molar-refractivity contribution in [3.05, 3.63) is 111 Å². The summed E-state index contributed by atoms with van der Waals surface area (Å²) in [5.41, 5.74) is 6.35. The highest BCUT2D eigenvalue weighted by molar-refractivity contribution is 14.1. The molecule has 4 rings (SSSR count). The van der Waals surface area contributed by atoms with E-state index in [0.29, 0.717) is 50.0 Å². The van der Waals surface area contributed by atoms with Crippen molar-refractivity contribution < 1.29 is 28.5 Å². The third-order valence-electron chi connectivity index (χ3n) is 5.98. The maximum Gasteiger partial charge on any atom is 0.271 e. The number of rotatable bonds is 12. The van der Waals surface area contributed by atoms with E-state index in [2.05, 4.69) is 38.4 Å². The smallest absolute Gasteiger partial charge is 0.271 e. The lowest BCUT2D eigenvalue weighted by Crippen LogP contribution is -2.20. The van der Waals surface area contributed by atoms with Gasteiger partial charge in [-0.3, -0.25) is 9.59 Å². The van der Waals surface area contributed by atoms with Crippen LogP contribution in [0.2, 0.25) is 0 Å². The molecular weight excluding hydrogens is 649 g/mol. The Labute approximate surface area is 258 Å². The molecule has 0 saturated carbocycles. The van der Waals surface area contributed by atoms with E-state index in [0.717, 1.165) is 11.1 Å². The Kier molecular flexibility index (Phi) is 10.8. The molecule has 0 aliphatic rings. The number of hydrazone groups is 1. The van der Waals surface area contributed by atoms with Crippen LogP contribution in [-0.2, 0) is 11.4 Å². The topological polar surface area (TPSA) is 107 Å². The molecule has 0 bridgehead atoms. The van der Waals surface area contributed by atoms with Gasteiger partial charge >= 0.3 is 0 Å². The summed E-state index contributed by atoms with van der Waals surface area (Å²) in [6.07, 6.45) is 1.49. The average molecular weight is 680 g/mol. The molecule has 216 valence electrons. The van der Waals surface area contributed by atoms with Gasteiger partial charge in [0.25, 0.3) is 11.8 Å². The largest absolute Gasteiger partial charge is 0.493 e. The van der Waals surface area contributed by atoms with Crippen LogP contribution in [0.3, 0.4) is 0 Å². The van der Waals surface area contributed by atoms with Gasteiger partial charge in [0.2, 0.25) is 0 Å². The van der Waals surface area contributed by atoms with Crippen molar-refractivity contribution >= 4 is 46.3 Å². The lowest BCUT2D eigenvalue weighted by molar-refractivity contribution is -0.118. The maximum atomic E-state index is 12.7. The summed E-state index contributed by atoms with van der Waals surface area (Å²) in [6.45, 7) is 2.16. The summed E-state index contributed by atoms with van der Waals surface area (Å²) in [4.78, 5) is 25.1. The van der Waals surface area contributed by atoms with E-state index < -0.39 is 5.91 Å². The zero-order valence-corrected chi connectivity index (χ0v) is 25.5. The van der Waals surface area contributed by atoms with Crippen LogP contribution in [0, 0.1) is 10.5 Å². The summed E-state index contributed by atoms with van der Waals surface area (Å²) >= 11 is 2.09. The van der Waals surface area contributed by atoms with Gasteiger partial charge < -0.3 is 24.3 Å². The van der Waals surface area contributed by atoms with Gasteiger partial charge in [-0.15, -0.1) is 0 Å². The first-order valence-electron chi connectivity index (χ1n) is 12.9. The van der Waals surface area contributed by atoms with Gasteiger partial charge in [0, 0.05) is 11.3 Å². The van der Waals surface area contributed by atoms with E-state index in [1.54, 1.807) is 30.3 Å². The average Bonchev–Trinajstić information content (AvgIpc) is 3.00. The first kappa shape index (κ1) is 30.4. The van der Waals surface area contributed by atoms with Gasteiger partial charge in [0.15, 0.2) is 29.6 Å². The van der Waals surface area contributed by atoms with Crippen LogP contribution in [0.4, 0.5) is 5.69 Å². The van der Waals surface area contributed by atoms with Gasteiger partial charge in [0.1, 0.15) is 6.61 Å². The number of halogens is 1. The Balaban J connectivity index is 1.35. The van der Waals surface area contributed by atoms with E-state index in [4.69, 9.17) is 18.9 Å². The fraction of sp³-hybridized carbons (Fsp3) is 0.156. The predicted octanol–water partition coefficient (Wildman–Crippen LogP) is 5.98. The lowest BCUT2D eigenvalue weighted by atomic mass is 10.2. The molecule has 4 aromatic carbocycles. The van der Waals surface area contributed by atoms with Crippen LogP contribution in [-0.4, -0.2) is 38.9 Å². The monoisotopic (exact) mass is 679 g/mol. The van der Waals surface area contributed by atoms with Gasteiger partial charge in [-0.2, -0.15) is 5.10 Å². The molecule has 0 saturated heterocycles. The number of ether oxygens (including phenoxy) is 4. The number of anilines is 1. The van der Waals surface area contributed by atoms with Crippen molar-refractivity contribution in [1.82, 2.24) is 5.43 Å². The number of aryl methyl sites for hydroxylation is 1. The molecule has 0 unspecified atom stereocenters. The van der Waals surface area contributed by atoms with Gasteiger partial charge in [-0.1, -0.05) is 48.0 Å². The summed E-state index contributed by atoms with van der Waals surface area (Å²) < 4.78 is 23.2. The number of hydrogen-bond donors (Lipinski definition) is 2. The molecule has 0 aliphatic heterocycles. The minimum Gasteiger partial charge on any atom is -0.493 e. The van der Waals surface area contributed by atoms with Crippen molar-refractivity contribution in [2.75, 3.05) is 26.1 Å². The maximum absolute atomic E-state index is 12.7. The molecule has 2 amide bonds. The van der Waals surface area contributed by atoms with E-state index in [1.807, 2.05) is 61.5 Å². The van der Waals surface area contributed by atoms with Crippen molar-refractivity contribution in [3.63, 3.8) is 0 Å². The number of hydrogen-bond acceptors (Lipinski definition) is 7. The van der Waals surface area contributed by atoms with Gasteiger partial charge in [-0.05, 0) is 83.1 Å². The zero-order valence-electron chi connectivity index (χ0n) is 23.3. The molecule has 42 heavy (non-hydrogen) atoms. The van der Waals surface area contributed by atoms with Crippen molar-refractivity contribution in [1.29, 1.82) is 0 Å². The number of nitrogens with zero attached hydrogens (tertiary/aromatic N) is 1. The second kappa shape index (κ2) is 14.9. The molecule has 0 aromatic heterocycles. The predicted molar refractivity (Wildman–Crippen MR) is 170 cm³/mol. The molecule has 9 nitrogen and oxygen atoms in total. The highest BCUT2D eigenvalue weighted by Gasteiger charge is 2.14. The van der Waals surface area contributed by atoms with Crippen LogP contribution in [0.25, 0.3) is 0 Å². The Bertz CT molecular complexity index is 1560. The molecule has 0 atom stereocenters. The second-order valence-corrected chi connectivity index (χ2v) is 10.2. The van der Waals surface area contributed by atoms with Crippen LogP contribution >= 0.6 is 22.6 Å². The summed E-state index contributed by atoms with van der Waals surface area (Å²) in [5.74, 6) is 1.11. The minimum absolute atomic E-state index is 0.191. The number of methoxy groups -OCH3 is 2. The van der Waals surface area contributed by atoms with Crippen molar-refractivity contribution in [2.45, 2.75) is 13.5 Å². The Morgan fingerprint density at radius 3 is 2.31 bits per heavy atom. The van der Waals surface area contributed by atoms with E-state index in [-0.39, 0.29) is 12.5 Å². The molecule has 2 N–H and O–H groups in total. The lowest BCUT2D eigenvalue weighted by Gasteiger charge is -2.13. The Morgan fingerprint density at radius 2 is 1.60 bits per heavy atom. The van der Waals surface area contributed by atoms with Crippen LogP contribution in [0.5, 0.6) is 23.0 Å². The highest BCUT2D eigenvalue weighted by atomic mass is 127. The van der Waals surface area contributed by atoms with Crippen LogP contribution < -0.4 is 29.7 Å². The third kappa shape index (κ3) is 8.46. The van der Waals surface area contributed by atoms with E-state index >= 15 is 0 Å². The Morgan fingerprint density at radius 1 is 0.857 bits per heavy atom. The summed E-state index contributed by atoms with van der Waals surface area (Å²) in [5, 5.41) is 6.88. The summed E-state index contributed by atoms with van der Waals surface area (Å²) in [6, 6.07) is 25.7. The molecule has 0 heterocycles. The summed E-state index contributed by atoms with van der Waals surface area (Å²) in [7, 11) is 3.03. The van der Waals surface area contributed by atoms with Gasteiger partial charge in [0.05, 0.1) is 24.0 Å². The van der Waals surface area contributed by atoms with Crippen LogP contribution in [0.15, 0.2) is 90.0 Å². The molecule has 0 fully saturated rings.